The van der Waals surface area contributed by atoms with Gasteiger partial charge in [-0.05, 0) is 23.9 Å². The second kappa shape index (κ2) is 13.0. The first kappa shape index (κ1) is 32.1. The van der Waals surface area contributed by atoms with Gasteiger partial charge < -0.3 is 25.2 Å². The first-order valence-electron chi connectivity index (χ1n) is 12.6. The van der Waals surface area contributed by atoms with E-state index in [-0.39, 0.29) is 24.3 Å². The van der Waals surface area contributed by atoms with Gasteiger partial charge in [0.25, 0.3) is 0 Å². The molecular weight excluding hydrogens is 472 g/mol. The maximum absolute atomic E-state index is 13.8. The summed E-state index contributed by atoms with van der Waals surface area (Å²) >= 11 is 0. The molecule has 0 aliphatic rings. The number of amides is 3. The highest BCUT2D eigenvalue weighted by molar-refractivity contribution is 6.32. The van der Waals surface area contributed by atoms with Crippen molar-refractivity contribution in [2.45, 2.75) is 72.0 Å². The fourth-order valence-corrected chi connectivity index (χ4v) is 4.48. The van der Waals surface area contributed by atoms with Gasteiger partial charge in [0.2, 0.25) is 11.8 Å². The third-order valence-electron chi connectivity index (χ3n) is 6.97. The van der Waals surface area contributed by atoms with Crippen molar-refractivity contribution in [3.8, 4) is 0 Å². The number of methoxy groups -OCH3 is 1. The molecule has 0 saturated carbocycles. The quantitative estimate of drug-likeness (QED) is 0.363. The summed E-state index contributed by atoms with van der Waals surface area (Å²) in [5, 5.41) is 6.15. The van der Waals surface area contributed by atoms with Gasteiger partial charge >= 0.3 is 11.9 Å². The van der Waals surface area contributed by atoms with Gasteiger partial charge in [-0.2, -0.15) is 0 Å². The minimum atomic E-state index is -0.960. The Morgan fingerprint density at radius 1 is 0.946 bits per heavy atom. The van der Waals surface area contributed by atoms with E-state index in [2.05, 4.69) is 15.4 Å². The zero-order valence-electron chi connectivity index (χ0n) is 24.3. The van der Waals surface area contributed by atoms with Gasteiger partial charge in [0.1, 0.15) is 6.04 Å². The molecule has 0 unspecified atom stereocenters. The van der Waals surface area contributed by atoms with Gasteiger partial charge in [-0.25, -0.2) is 4.79 Å². The molecule has 1 rings (SSSR count). The van der Waals surface area contributed by atoms with Crippen LogP contribution in [0.2, 0.25) is 0 Å². The van der Waals surface area contributed by atoms with Crippen molar-refractivity contribution in [1.82, 2.24) is 20.4 Å². The zero-order valence-corrected chi connectivity index (χ0v) is 24.3. The third kappa shape index (κ3) is 8.02. The molecule has 1 aromatic carbocycles. The van der Waals surface area contributed by atoms with Crippen LogP contribution in [-0.2, 0) is 29.3 Å². The van der Waals surface area contributed by atoms with E-state index in [1.54, 1.807) is 19.0 Å². The topological polar surface area (TPSA) is 108 Å². The zero-order chi connectivity index (χ0) is 28.7. The van der Waals surface area contributed by atoms with Crippen molar-refractivity contribution in [3.63, 3.8) is 0 Å². The molecule has 0 fully saturated rings. The molecule has 9 heteroatoms. The summed E-state index contributed by atoms with van der Waals surface area (Å²) in [4.78, 5) is 54.2. The van der Waals surface area contributed by atoms with Crippen LogP contribution in [0.5, 0.6) is 0 Å². The van der Waals surface area contributed by atoms with Crippen LogP contribution >= 0.6 is 0 Å². The lowest BCUT2D eigenvalue weighted by Crippen LogP contribution is -2.62. The summed E-state index contributed by atoms with van der Waals surface area (Å²) < 4.78 is 4.54. The average molecular weight is 519 g/mol. The number of ether oxygens (including phenoxy) is 1. The summed E-state index contributed by atoms with van der Waals surface area (Å²) in [5.74, 6) is -2.32. The lowest BCUT2D eigenvalue weighted by molar-refractivity contribution is -0.158. The minimum absolute atomic E-state index is 0.0276. The molecule has 0 radical (unpaired) electrons. The highest BCUT2D eigenvalue weighted by Crippen LogP contribution is 2.29. The maximum atomic E-state index is 13.8. The molecule has 0 spiro atoms. The Bertz CT molecular complexity index is 940. The lowest BCUT2D eigenvalue weighted by Gasteiger charge is -2.41. The third-order valence-corrected chi connectivity index (χ3v) is 6.97. The molecule has 0 aliphatic heterocycles. The predicted molar refractivity (Wildman–Crippen MR) is 145 cm³/mol. The van der Waals surface area contributed by atoms with E-state index in [0.717, 1.165) is 12.7 Å². The molecular formula is C28H46N4O5. The van der Waals surface area contributed by atoms with Crippen LogP contribution in [0.4, 0.5) is 0 Å². The van der Waals surface area contributed by atoms with Gasteiger partial charge in [-0.15, -0.1) is 0 Å². The molecule has 37 heavy (non-hydrogen) atoms. The van der Waals surface area contributed by atoms with Crippen LogP contribution in [0, 0.1) is 11.3 Å². The van der Waals surface area contributed by atoms with E-state index < -0.39 is 40.8 Å². The standard InChI is InChI=1S/C28H46N4O5/c1-18(2)20(17-31(9)25(35)26(36)37-11)32(10)24(34)22(27(3,4)5)30-23(33)21(29-8)28(6,7)19-15-13-12-14-16-19/h12-16,18,20-22,29H,17H2,1-11H3,(H,30,33)/t20-,21-,22-/m1/s1. The largest absolute Gasteiger partial charge is 0.462 e. The number of hydrogen-bond donors (Lipinski definition) is 2. The number of carbonyl (C=O) groups excluding carboxylic acids is 4. The number of likely N-dealkylation sites (N-methyl/N-ethyl adjacent to an activating group) is 3. The van der Waals surface area contributed by atoms with Crippen LogP contribution in [-0.4, -0.2) is 86.4 Å². The molecule has 208 valence electrons. The molecule has 3 atom stereocenters. The molecule has 0 aromatic heterocycles. The van der Waals surface area contributed by atoms with Crippen LogP contribution in [0.3, 0.4) is 0 Å². The summed E-state index contributed by atoms with van der Waals surface area (Å²) in [7, 11) is 6.05. The Kier molecular flexibility index (Phi) is 11.3. The number of esters is 1. The first-order valence-corrected chi connectivity index (χ1v) is 12.6. The number of carbonyl (C=O) groups is 4. The number of nitrogens with zero attached hydrogens (tertiary/aromatic N) is 2. The van der Waals surface area contributed by atoms with E-state index in [1.165, 1.54) is 11.9 Å². The number of benzene rings is 1. The van der Waals surface area contributed by atoms with E-state index in [0.29, 0.717) is 0 Å². The normalized spacial score (nSPS) is 14.4. The fourth-order valence-electron chi connectivity index (χ4n) is 4.48. The summed E-state index contributed by atoms with van der Waals surface area (Å²) in [6, 6.07) is 7.96. The molecule has 0 bridgehead atoms. The number of hydrogen-bond acceptors (Lipinski definition) is 6. The van der Waals surface area contributed by atoms with Gasteiger partial charge in [-0.3, -0.25) is 14.4 Å². The van der Waals surface area contributed by atoms with Crippen molar-refractivity contribution in [2.24, 2.45) is 11.3 Å². The Hall–Kier alpha value is -2.94. The van der Waals surface area contributed by atoms with E-state index >= 15 is 0 Å². The monoisotopic (exact) mass is 518 g/mol. The lowest BCUT2D eigenvalue weighted by atomic mass is 9.76. The Balaban J connectivity index is 3.23. The van der Waals surface area contributed by atoms with Crippen molar-refractivity contribution >= 4 is 23.7 Å². The molecule has 9 nitrogen and oxygen atoms in total. The van der Waals surface area contributed by atoms with Crippen LogP contribution in [0.1, 0.15) is 54.0 Å². The molecule has 0 aliphatic carbocycles. The van der Waals surface area contributed by atoms with Gasteiger partial charge in [0, 0.05) is 26.1 Å². The highest BCUT2D eigenvalue weighted by Gasteiger charge is 2.42. The summed E-state index contributed by atoms with van der Waals surface area (Å²) in [6.07, 6.45) is 0. The molecule has 2 N–H and O–H groups in total. The molecule has 0 saturated heterocycles. The number of nitrogens with one attached hydrogen (secondary N) is 2. The van der Waals surface area contributed by atoms with E-state index in [9.17, 15) is 19.2 Å². The predicted octanol–water partition coefficient (Wildman–Crippen LogP) is 2.20. The minimum Gasteiger partial charge on any atom is -0.462 e. The number of rotatable bonds is 10. The maximum Gasteiger partial charge on any atom is 0.396 e. The smallest absolute Gasteiger partial charge is 0.396 e. The van der Waals surface area contributed by atoms with Crippen LogP contribution in [0.25, 0.3) is 0 Å². The average Bonchev–Trinajstić information content (AvgIpc) is 2.83. The second-order valence-corrected chi connectivity index (χ2v) is 11.6. The molecule has 1 aromatic rings. The van der Waals surface area contributed by atoms with Crippen molar-refractivity contribution < 1.29 is 23.9 Å². The fraction of sp³-hybridized carbons (Fsp3) is 0.643. The Labute approximate surface area is 222 Å². The van der Waals surface area contributed by atoms with Gasteiger partial charge in [0.15, 0.2) is 0 Å². The first-order chi connectivity index (χ1) is 17.0. The van der Waals surface area contributed by atoms with Crippen molar-refractivity contribution in [3.05, 3.63) is 35.9 Å². The van der Waals surface area contributed by atoms with Crippen LogP contribution < -0.4 is 10.6 Å². The SMILES string of the molecule is CN[C@H](C(=O)N[C@H](C(=O)N(C)[C@H](CN(C)C(=O)C(=O)OC)C(C)C)C(C)(C)C)C(C)(C)c1ccccc1. The van der Waals surface area contributed by atoms with E-state index in [4.69, 9.17) is 0 Å². The summed E-state index contributed by atoms with van der Waals surface area (Å²) in [6.45, 7) is 13.7. The Morgan fingerprint density at radius 3 is 1.92 bits per heavy atom. The van der Waals surface area contributed by atoms with Crippen LogP contribution in [0.15, 0.2) is 30.3 Å². The summed E-state index contributed by atoms with van der Waals surface area (Å²) in [5.41, 5.74) is -0.140. The Morgan fingerprint density at radius 2 is 1.49 bits per heavy atom. The van der Waals surface area contributed by atoms with Gasteiger partial charge in [-0.1, -0.05) is 78.8 Å². The highest BCUT2D eigenvalue weighted by atomic mass is 16.5. The van der Waals surface area contributed by atoms with Crippen molar-refractivity contribution in [1.29, 1.82) is 0 Å². The van der Waals surface area contributed by atoms with Crippen molar-refractivity contribution in [2.75, 3.05) is 34.8 Å². The second-order valence-electron chi connectivity index (χ2n) is 11.6. The molecule has 3 amide bonds. The molecule has 0 heterocycles. The van der Waals surface area contributed by atoms with Gasteiger partial charge in [0.05, 0.1) is 19.2 Å². The van der Waals surface area contributed by atoms with E-state index in [1.807, 2.05) is 78.8 Å².